The van der Waals surface area contributed by atoms with Crippen LogP contribution in [0.25, 0.3) is 5.52 Å². The quantitative estimate of drug-likeness (QED) is 0.152. The summed E-state index contributed by atoms with van der Waals surface area (Å²) < 4.78 is 39.1. The van der Waals surface area contributed by atoms with Crippen molar-refractivity contribution in [3.63, 3.8) is 0 Å². The van der Waals surface area contributed by atoms with Gasteiger partial charge in [0, 0.05) is 23.3 Å². The molecule has 4 aromatic rings. The van der Waals surface area contributed by atoms with Crippen molar-refractivity contribution in [2.45, 2.75) is 64.2 Å². The molecule has 12 heteroatoms. The van der Waals surface area contributed by atoms with Gasteiger partial charge in [-0.15, -0.1) is 0 Å². The first-order chi connectivity index (χ1) is 21.6. The van der Waals surface area contributed by atoms with Crippen molar-refractivity contribution in [1.29, 1.82) is 5.26 Å². The number of carboxylic acids is 1. The third-order valence-corrected chi connectivity index (χ3v) is 7.64. The van der Waals surface area contributed by atoms with Crippen LogP contribution in [-0.2, 0) is 11.2 Å². The van der Waals surface area contributed by atoms with Crippen molar-refractivity contribution in [2.75, 3.05) is 23.8 Å². The number of benzene rings is 2. The highest BCUT2D eigenvalue weighted by Crippen LogP contribution is 2.35. The standard InChI is InChI=1S/C31H36N6O.C2HF3O2/c1-3-38-27-15-13-26(14-16-27)36-31-22(2)30(28(21-32)29-18-20-34-37(29)31)35-25-11-9-24(10-12-25)33-19-17-23-7-5-4-6-8-23;3-2(4,5)1(6)7/h4-8,13-16,18,20,24-25,33,35-36H,3,9-12,17,19H2,1-2H3;(H,6,7)/t24-,25-;. The van der Waals surface area contributed by atoms with Crippen molar-refractivity contribution in [2.24, 2.45) is 0 Å². The average molecular weight is 623 g/mol. The summed E-state index contributed by atoms with van der Waals surface area (Å²) in [6.45, 7) is 5.67. The van der Waals surface area contributed by atoms with Crippen LogP contribution in [0.5, 0.6) is 5.75 Å². The van der Waals surface area contributed by atoms with Gasteiger partial charge in [-0.05, 0) is 88.4 Å². The fourth-order valence-electron chi connectivity index (χ4n) is 5.35. The normalized spacial score (nSPS) is 16.3. The number of rotatable bonds is 10. The zero-order valence-corrected chi connectivity index (χ0v) is 25.2. The van der Waals surface area contributed by atoms with Crippen molar-refractivity contribution in [3.8, 4) is 11.8 Å². The van der Waals surface area contributed by atoms with Gasteiger partial charge in [-0.1, -0.05) is 30.3 Å². The Morgan fingerprint density at radius 1 is 1.07 bits per heavy atom. The number of ether oxygens (including phenoxy) is 1. The Bertz CT molecular complexity index is 1590. The number of anilines is 3. The number of aliphatic carboxylic acids is 1. The van der Waals surface area contributed by atoms with Crippen molar-refractivity contribution in [3.05, 3.63) is 83.6 Å². The minimum atomic E-state index is -5.08. The van der Waals surface area contributed by atoms with E-state index in [0.29, 0.717) is 24.3 Å². The Morgan fingerprint density at radius 3 is 2.31 bits per heavy atom. The largest absolute Gasteiger partial charge is 0.494 e. The molecular formula is C33H37F3N6O3. The number of nitrogens with zero attached hydrogens (tertiary/aromatic N) is 3. The molecule has 2 aromatic carbocycles. The summed E-state index contributed by atoms with van der Waals surface area (Å²) in [5.41, 5.74) is 5.63. The lowest BCUT2D eigenvalue weighted by molar-refractivity contribution is -0.192. The average Bonchev–Trinajstić information content (AvgIpc) is 3.51. The molecule has 0 radical (unpaired) electrons. The Balaban J connectivity index is 0.000000591. The second kappa shape index (κ2) is 15.3. The molecule has 4 N–H and O–H groups in total. The smallest absolute Gasteiger partial charge is 0.490 e. The number of halogens is 3. The summed E-state index contributed by atoms with van der Waals surface area (Å²) in [4.78, 5) is 8.90. The molecule has 0 unspecified atom stereocenters. The first kappa shape index (κ1) is 33.1. The van der Waals surface area contributed by atoms with Gasteiger partial charge in [-0.25, -0.2) is 9.31 Å². The van der Waals surface area contributed by atoms with Gasteiger partial charge in [0.25, 0.3) is 0 Å². The lowest BCUT2D eigenvalue weighted by Gasteiger charge is -2.31. The lowest BCUT2D eigenvalue weighted by atomic mass is 9.90. The third-order valence-electron chi connectivity index (χ3n) is 7.64. The van der Waals surface area contributed by atoms with Crippen LogP contribution in [0, 0.1) is 18.3 Å². The maximum absolute atomic E-state index is 10.6. The highest BCUT2D eigenvalue weighted by Gasteiger charge is 2.38. The zero-order chi connectivity index (χ0) is 32.4. The van der Waals surface area contributed by atoms with E-state index in [1.54, 1.807) is 6.20 Å². The molecule has 1 aliphatic carbocycles. The second-order valence-corrected chi connectivity index (χ2v) is 10.7. The molecule has 2 heterocycles. The van der Waals surface area contributed by atoms with Crippen LogP contribution in [-0.4, -0.2) is 52.1 Å². The van der Waals surface area contributed by atoms with Crippen LogP contribution in [0.15, 0.2) is 66.9 Å². The van der Waals surface area contributed by atoms with Gasteiger partial charge in [0.15, 0.2) is 0 Å². The van der Waals surface area contributed by atoms with Gasteiger partial charge < -0.3 is 25.8 Å². The third kappa shape index (κ3) is 8.89. The SMILES string of the molecule is CCOc1ccc(Nc2c(C)c(N[C@H]3CC[C@H](NCCc4ccccc4)CC3)c(C#N)c3ccnn23)cc1.O=C(O)C(F)(F)F. The molecule has 1 aliphatic rings. The van der Waals surface area contributed by atoms with E-state index < -0.39 is 12.1 Å². The molecule has 0 spiro atoms. The fraction of sp³-hybridized carbons (Fsp3) is 0.364. The second-order valence-electron chi connectivity index (χ2n) is 10.7. The maximum Gasteiger partial charge on any atom is 0.490 e. The van der Waals surface area contributed by atoms with Crippen LogP contribution in [0.3, 0.4) is 0 Å². The first-order valence-electron chi connectivity index (χ1n) is 14.8. The van der Waals surface area contributed by atoms with E-state index in [-0.39, 0.29) is 0 Å². The van der Waals surface area contributed by atoms with E-state index in [1.807, 2.05) is 41.8 Å². The molecule has 45 heavy (non-hydrogen) atoms. The predicted molar refractivity (Wildman–Crippen MR) is 167 cm³/mol. The number of carbonyl (C=O) groups is 1. The molecule has 238 valence electrons. The number of alkyl halides is 3. The molecule has 1 fully saturated rings. The molecule has 1 saturated carbocycles. The van der Waals surface area contributed by atoms with E-state index in [9.17, 15) is 18.4 Å². The Kier molecular flexibility index (Phi) is 11.3. The van der Waals surface area contributed by atoms with Crippen LogP contribution in [0.2, 0.25) is 0 Å². The number of fused-ring (bicyclic) bond motifs is 1. The summed E-state index contributed by atoms with van der Waals surface area (Å²) in [6, 6.07) is 23.8. The highest BCUT2D eigenvalue weighted by molar-refractivity contribution is 5.82. The fourth-order valence-corrected chi connectivity index (χ4v) is 5.35. The minimum Gasteiger partial charge on any atom is -0.494 e. The van der Waals surface area contributed by atoms with Gasteiger partial charge in [-0.2, -0.15) is 23.5 Å². The van der Waals surface area contributed by atoms with E-state index in [0.717, 1.165) is 72.7 Å². The summed E-state index contributed by atoms with van der Waals surface area (Å²) in [5.74, 6) is -1.06. The Labute approximate surface area is 260 Å². The first-order valence-corrected chi connectivity index (χ1v) is 14.8. The van der Waals surface area contributed by atoms with Gasteiger partial charge in [-0.3, -0.25) is 0 Å². The molecule has 0 atom stereocenters. The van der Waals surface area contributed by atoms with Crippen LogP contribution >= 0.6 is 0 Å². The van der Waals surface area contributed by atoms with Gasteiger partial charge in [0.1, 0.15) is 23.2 Å². The van der Waals surface area contributed by atoms with Gasteiger partial charge >= 0.3 is 12.1 Å². The molecule has 0 saturated heterocycles. The Hall–Kier alpha value is -4.76. The van der Waals surface area contributed by atoms with Crippen LogP contribution < -0.4 is 20.7 Å². The molecule has 5 rings (SSSR count). The summed E-state index contributed by atoms with van der Waals surface area (Å²) in [7, 11) is 0. The predicted octanol–water partition coefficient (Wildman–Crippen LogP) is 6.85. The van der Waals surface area contributed by atoms with E-state index in [4.69, 9.17) is 14.6 Å². The van der Waals surface area contributed by atoms with Crippen molar-refractivity contribution in [1.82, 2.24) is 14.9 Å². The summed E-state index contributed by atoms with van der Waals surface area (Å²) >= 11 is 0. The van der Waals surface area contributed by atoms with Gasteiger partial charge in [0.2, 0.25) is 0 Å². The number of aromatic nitrogens is 2. The molecule has 2 aromatic heterocycles. The number of nitriles is 1. The Morgan fingerprint density at radius 2 is 1.71 bits per heavy atom. The van der Waals surface area contributed by atoms with Crippen LogP contribution in [0.1, 0.15) is 49.3 Å². The highest BCUT2D eigenvalue weighted by atomic mass is 19.4. The van der Waals surface area contributed by atoms with E-state index in [2.05, 4.69) is 64.4 Å². The molecule has 9 nitrogen and oxygen atoms in total. The molecular weight excluding hydrogens is 585 g/mol. The molecule has 0 amide bonds. The minimum absolute atomic E-state index is 0.330. The number of hydrogen-bond donors (Lipinski definition) is 4. The topological polar surface area (TPSA) is 124 Å². The molecule has 0 aliphatic heterocycles. The van der Waals surface area contributed by atoms with Crippen LogP contribution in [0.4, 0.5) is 30.4 Å². The monoisotopic (exact) mass is 622 g/mol. The van der Waals surface area contributed by atoms with E-state index in [1.165, 1.54) is 5.56 Å². The van der Waals surface area contributed by atoms with Crippen molar-refractivity contribution >= 4 is 28.7 Å². The van der Waals surface area contributed by atoms with E-state index >= 15 is 0 Å². The zero-order valence-electron chi connectivity index (χ0n) is 25.2. The summed E-state index contributed by atoms with van der Waals surface area (Å²) in [6.07, 6.45) is 2.10. The number of nitrogens with one attached hydrogen (secondary N) is 3. The summed E-state index contributed by atoms with van der Waals surface area (Å²) in [5, 5.41) is 32.8. The number of hydrogen-bond acceptors (Lipinski definition) is 7. The maximum atomic E-state index is 10.6. The molecule has 0 bridgehead atoms. The number of pyridine rings is 1. The lowest BCUT2D eigenvalue weighted by Crippen LogP contribution is -2.38. The number of carboxylic acid groups (broad SMARTS) is 1. The van der Waals surface area contributed by atoms with Gasteiger partial charge in [0.05, 0.1) is 24.0 Å². The van der Waals surface area contributed by atoms with Crippen molar-refractivity contribution < 1.29 is 27.8 Å².